The minimum Gasteiger partial charge on any atom is -0.497 e. The Labute approximate surface area is 144 Å². The molecule has 0 radical (unpaired) electrons. The summed E-state index contributed by atoms with van der Waals surface area (Å²) in [6, 6.07) is 8.38. The lowest BCUT2D eigenvalue weighted by Gasteiger charge is -2.63. The molecule has 4 saturated carbocycles. The average molecular weight is 325 g/mol. The third-order valence-corrected chi connectivity index (χ3v) is 7.57. The van der Waals surface area contributed by atoms with E-state index < -0.39 is 0 Å². The van der Waals surface area contributed by atoms with Crippen LogP contribution in [0.3, 0.4) is 0 Å². The zero-order valence-corrected chi connectivity index (χ0v) is 14.5. The van der Waals surface area contributed by atoms with Crippen molar-refractivity contribution in [3.63, 3.8) is 0 Å². The van der Waals surface area contributed by atoms with Gasteiger partial charge < -0.3 is 10.1 Å². The predicted molar refractivity (Wildman–Crippen MR) is 92.9 cm³/mol. The van der Waals surface area contributed by atoms with Crippen LogP contribution in [0.15, 0.2) is 24.3 Å². The Morgan fingerprint density at radius 3 is 2.21 bits per heavy atom. The summed E-state index contributed by atoms with van der Waals surface area (Å²) in [6.07, 6.45) is 8.63. The molecule has 24 heavy (non-hydrogen) atoms. The predicted octanol–water partition coefficient (Wildman–Crippen LogP) is 3.88. The first-order chi connectivity index (χ1) is 11.7. The van der Waals surface area contributed by atoms with Gasteiger partial charge in [0.15, 0.2) is 0 Å². The van der Waals surface area contributed by atoms with Gasteiger partial charge in [-0.05, 0) is 85.8 Å². The highest BCUT2D eigenvalue weighted by atomic mass is 16.5. The highest BCUT2D eigenvalue weighted by Gasteiger charge is 2.59. The van der Waals surface area contributed by atoms with Gasteiger partial charge in [-0.3, -0.25) is 4.79 Å². The standard InChI is InChI=1S/C21H27NO2/c1-24-19-4-2-15(3-5-19)16-11-20(23)22-21(12-16)17-7-13-6-14(9-17)10-18(21)8-13/h2-5,13-14,16-18H,6-12H2,1H3,(H,22,23). The molecule has 1 saturated heterocycles. The maximum Gasteiger partial charge on any atom is 0.221 e. The van der Waals surface area contributed by atoms with Crippen molar-refractivity contribution in [3.05, 3.63) is 29.8 Å². The van der Waals surface area contributed by atoms with Gasteiger partial charge in [0.2, 0.25) is 5.91 Å². The smallest absolute Gasteiger partial charge is 0.221 e. The van der Waals surface area contributed by atoms with Crippen LogP contribution in [0.2, 0.25) is 0 Å². The van der Waals surface area contributed by atoms with Crippen molar-refractivity contribution in [1.29, 1.82) is 0 Å². The molecule has 1 aromatic carbocycles. The number of nitrogens with one attached hydrogen (secondary N) is 1. The quantitative estimate of drug-likeness (QED) is 0.896. The van der Waals surface area contributed by atoms with E-state index in [4.69, 9.17) is 4.74 Å². The Bertz CT molecular complexity index is 622. The largest absolute Gasteiger partial charge is 0.497 e. The van der Waals surface area contributed by atoms with Crippen LogP contribution in [0, 0.1) is 23.7 Å². The molecule has 3 nitrogen and oxygen atoms in total. The molecule has 1 N–H and O–H groups in total. The second kappa shape index (κ2) is 5.24. The SMILES string of the molecule is COc1ccc(C2CC(=O)NC3(C2)C2CC4CC(C2)CC3C4)cc1. The van der Waals surface area contributed by atoms with Crippen molar-refractivity contribution >= 4 is 5.91 Å². The lowest BCUT2D eigenvalue weighted by molar-refractivity contribution is -0.139. The van der Waals surface area contributed by atoms with Crippen molar-refractivity contribution < 1.29 is 9.53 Å². The Morgan fingerprint density at radius 1 is 1.00 bits per heavy atom. The lowest BCUT2D eigenvalue weighted by atomic mass is 9.46. The van der Waals surface area contributed by atoms with E-state index in [1.54, 1.807) is 7.11 Å². The maximum absolute atomic E-state index is 12.6. The highest BCUT2D eigenvalue weighted by Crippen LogP contribution is 2.61. The van der Waals surface area contributed by atoms with E-state index in [0.717, 1.165) is 35.8 Å². The van der Waals surface area contributed by atoms with Crippen LogP contribution in [0.5, 0.6) is 5.75 Å². The summed E-state index contributed by atoms with van der Waals surface area (Å²) < 4.78 is 5.29. The van der Waals surface area contributed by atoms with E-state index >= 15 is 0 Å². The first-order valence-electron chi connectivity index (χ1n) is 9.61. The van der Waals surface area contributed by atoms with Gasteiger partial charge in [-0.15, -0.1) is 0 Å². The average Bonchev–Trinajstić information content (AvgIpc) is 2.59. The third kappa shape index (κ3) is 2.13. The van der Waals surface area contributed by atoms with E-state index in [9.17, 15) is 4.79 Å². The molecule has 1 atom stereocenters. The van der Waals surface area contributed by atoms with E-state index in [2.05, 4.69) is 17.4 Å². The van der Waals surface area contributed by atoms with Crippen molar-refractivity contribution in [2.75, 3.05) is 7.11 Å². The normalized spacial score (nSPS) is 43.0. The summed E-state index contributed by atoms with van der Waals surface area (Å²) in [5.74, 6) is 4.85. The summed E-state index contributed by atoms with van der Waals surface area (Å²) in [5.41, 5.74) is 1.40. The molecule has 1 heterocycles. The summed E-state index contributed by atoms with van der Waals surface area (Å²) in [7, 11) is 1.70. The zero-order valence-electron chi connectivity index (χ0n) is 14.5. The Balaban J connectivity index is 1.46. The number of carbonyl (C=O) groups excluding carboxylic acids is 1. The van der Waals surface area contributed by atoms with E-state index in [0.29, 0.717) is 12.3 Å². The van der Waals surface area contributed by atoms with Gasteiger partial charge in [-0.1, -0.05) is 12.1 Å². The molecule has 1 spiro atoms. The number of amides is 1. The number of methoxy groups -OCH3 is 1. The molecular formula is C21H27NO2. The van der Waals surface area contributed by atoms with E-state index in [-0.39, 0.29) is 11.4 Å². The summed E-state index contributed by atoms with van der Waals surface area (Å²) in [5, 5.41) is 3.53. The third-order valence-electron chi connectivity index (χ3n) is 7.57. The van der Waals surface area contributed by atoms with Crippen LogP contribution in [0.25, 0.3) is 0 Å². The van der Waals surface area contributed by atoms with Crippen LogP contribution in [0.4, 0.5) is 0 Å². The lowest BCUT2D eigenvalue weighted by Crippen LogP contribution is -2.68. The fourth-order valence-corrected chi connectivity index (χ4v) is 6.74. The molecule has 128 valence electrons. The zero-order chi connectivity index (χ0) is 16.3. The second-order valence-corrected chi connectivity index (χ2v) is 8.77. The van der Waals surface area contributed by atoms with Crippen LogP contribution in [-0.4, -0.2) is 18.6 Å². The fraction of sp³-hybridized carbons (Fsp3) is 0.667. The summed E-state index contributed by atoms with van der Waals surface area (Å²) >= 11 is 0. The molecule has 4 aliphatic carbocycles. The molecule has 5 aliphatic rings. The second-order valence-electron chi connectivity index (χ2n) is 8.77. The van der Waals surface area contributed by atoms with Crippen molar-refractivity contribution in [3.8, 4) is 5.75 Å². The molecule has 1 unspecified atom stereocenters. The van der Waals surface area contributed by atoms with E-state index in [1.807, 2.05) is 12.1 Å². The van der Waals surface area contributed by atoms with Gasteiger partial charge in [0.1, 0.15) is 5.75 Å². The molecule has 4 bridgehead atoms. The molecule has 3 heteroatoms. The van der Waals surface area contributed by atoms with E-state index in [1.165, 1.54) is 37.7 Å². The summed E-state index contributed by atoms with van der Waals surface area (Å²) in [6.45, 7) is 0. The number of benzene rings is 1. The maximum atomic E-state index is 12.6. The van der Waals surface area contributed by atoms with Crippen molar-refractivity contribution in [1.82, 2.24) is 5.32 Å². The molecule has 1 aromatic rings. The Morgan fingerprint density at radius 2 is 1.62 bits per heavy atom. The Kier molecular flexibility index (Phi) is 3.23. The molecular weight excluding hydrogens is 298 g/mol. The molecule has 5 fully saturated rings. The van der Waals surface area contributed by atoms with Gasteiger partial charge in [0, 0.05) is 12.0 Å². The minimum absolute atomic E-state index is 0.0906. The number of rotatable bonds is 2. The minimum atomic E-state index is 0.0906. The monoisotopic (exact) mass is 325 g/mol. The molecule has 6 rings (SSSR count). The highest BCUT2D eigenvalue weighted by molar-refractivity contribution is 5.79. The molecule has 0 aromatic heterocycles. The topological polar surface area (TPSA) is 38.3 Å². The number of piperidine rings is 1. The number of hydrogen-bond acceptors (Lipinski definition) is 2. The molecule has 1 aliphatic heterocycles. The van der Waals surface area contributed by atoms with Gasteiger partial charge >= 0.3 is 0 Å². The van der Waals surface area contributed by atoms with Crippen LogP contribution < -0.4 is 10.1 Å². The van der Waals surface area contributed by atoms with Gasteiger partial charge in [-0.2, -0.15) is 0 Å². The summed E-state index contributed by atoms with van der Waals surface area (Å²) in [4.78, 5) is 12.6. The number of ether oxygens (including phenoxy) is 1. The van der Waals surface area contributed by atoms with Crippen LogP contribution >= 0.6 is 0 Å². The van der Waals surface area contributed by atoms with Crippen LogP contribution in [0.1, 0.15) is 56.4 Å². The van der Waals surface area contributed by atoms with Gasteiger partial charge in [0.25, 0.3) is 0 Å². The van der Waals surface area contributed by atoms with Crippen molar-refractivity contribution in [2.45, 2.75) is 56.4 Å². The van der Waals surface area contributed by atoms with Crippen molar-refractivity contribution in [2.24, 2.45) is 23.7 Å². The van der Waals surface area contributed by atoms with Gasteiger partial charge in [-0.25, -0.2) is 0 Å². The molecule has 1 amide bonds. The van der Waals surface area contributed by atoms with Crippen LogP contribution in [-0.2, 0) is 4.79 Å². The number of carbonyl (C=O) groups is 1. The Hall–Kier alpha value is -1.51. The fourth-order valence-electron chi connectivity index (χ4n) is 6.74. The first kappa shape index (κ1) is 14.8. The van der Waals surface area contributed by atoms with Gasteiger partial charge in [0.05, 0.1) is 7.11 Å². The number of hydrogen-bond donors (Lipinski definition) is 1. The first-order valence-corrected chi connectivity index (χ1v) is 9.61.